The van der Waals surface area contributed by atoms with Crippen molar-refractivity contribution in [1.82, 2.24) is 10.2 Å². The Hall–Kier alpha value is -1.69. The number of hydrogen-bond acceptors (Lipinski definition) is 4. The van der Waals surface area contributed by atoms with Crippen LogP contribution in [0.15, 0.2) is 30.3 Å². The Kier molecular flexibility index (Phi) is 5.68. The van der Waals surface area contributed by atoms with Gasteiger partial charge in [0.25, 0.3) is 5.91 Å². The summed E-state index contributed by atoms with van der Waals surface area (Å²) < 4.78 is 5.43. The van der Waals surface area contributed by atoms with Crippen LogP contribution in [0.4, 0.5) is 0 Å². The molecule has 2 aliphatic rings. The number of nitrogens with zero attached hydrogens (tertiary/aromatic N) is 1. The van der Waals surface area contributed by atoms with Gasteiger partial charge in [-0.05, 0) is 48.4 Å². The van der Waals surface area contributed by atoms with Gasteiger partial charge in [-0.1, -0.05) is 24.3 Å². The third-order valence-corrected chi connectivity index (χ3v) is 6.51. The molecule has 1 fully saturated rings. The van der Waals surface area contributed by atoms with Gasteiger partial charge in [-0.15, -0.1) is 11.3 Å². The van der Waals surface area contributed by atoms with Crippen molar-refractivity contribution in [3.05, 3.63) is 56.8 Å². The molecule has 1 N–H and O–H groups in total. The van der Waals surface area contributed by atoms with E-state index in [0.29, 0.717) is 6.54 Å². The molecule has 1 aromatic heterocycles. The molecular weight excluding hydrogens is 344 g/mol. The highest BCUT2D eigenvalue weighted by atomic mass is 32.1. The number of carbonyl (C=O) groups excluding carboxylic acids is 1. The lowest BCUT2D eigenvalue weighted by molar-refractivity contribution is 0.0340. The van der Waals surface area contributed by atoms with E-state index in [1.807, 2.05) is 6.07 Å². The van der Waals surface area contributed by atoms with Crippen molar-refractivity contribution in [2.75, 3.05) is 26.3 Å². The Bertz CT molecular complexity index is 742. The van der Waals surface area contributed by atoms with Crippen LogP contribution in [-0.2, 0) is 30.7 Å². The van der Waals surface area contributed by atoms with Crippen molar-refractivity contribution in [2.24, 2.45) is 0 Å². The number of fused-ring (bicyclic) bond motifs is 1. The molecule has 26 heavy (non-hydrogen) atoms. The van der Waals surface area contributed by atoms with Gasteiger partial charge in [0.05, 0.1) is 18.1 Å². The summed E-state index contributed by atoms with van der Waals surface area (Å²) in [6.07, 6.45) is 4.76. The predicted molar refractivity (Wildman–Crippen MR) is 105 cm³/mol. The van der Waals surface area contributed by atoms with E-state index in [0.717, 1.165) is 50.6 Å². The monoisotopic (exact) mass is 370 g/mol. The summed E-state index contributed by atoms with van der Waals surface area (Å²) in [5, 5.41) is 3.13. The molecule has 1 aromatic carbocycles. The SMILES string of the molecule is O=C(NCc1ccccc1CN1CCOCC1)c1cc2c(s1)CCCC2. The zero-order chi connectivity index (χ0) is 17.8. The Balaban J connectivity index is 1.39. The van der Waals surface area contributed by atoms with E-state index in [1.54, 1.807) is 11.3 Å². The van der Waals surface area contributed by atoms with Crippen LogP contribution in [-0.4, -0.2) is 37.1 Å². The highest BCUT2D eigenvalue weighted by Gasteiger charge is 2.18. The highest BCUT2D eigenvalue weighted by molar-refractivity contribution is 7.14. The number of benzene rings is 1. The first kappa shape index (κ1) is 17.7. The molecule has 0 unspecified atom stereocenters. The molecule has 138 valence electrons. The quantitative estimate of drug-likeness (QED) is 0.877. The van der Waals surface area contributed by atoms with Crippen molar-refractivity contribution in [3.63, 3.8) is 0 Å². The fourth-order valence-electron chi connectivity index (χ4n) is 3.75. The third kappa shape index (κ3) is 4.17. The van der Waals surface area contributed by atoms with Crippen molar-refractivity contribution in [2.45, 2.75) is 38.8 Å². The maximum atomic E-state index is 12.6. The number of morpholine rings is 1. The van der Waals surface area contributed by atoms with Gasteiger partial charge in [0.15, 0.2) is 0 Å². The summed E-state index contributed by atoms with van der Waals surface area (Å²) in [6.45, 7) is 5.07. The van der Waals surface area contributed by atoms with Crippen molar-refractivity contribution in [3.8, 4) is 0 Å². The average Bonchev–Trinajstić information content (AvgIpc) is 3.12. The lowest BCUT2D eigenvalue weighted by Gasteiger charge is -2.27. The maximum absolute atomic E-state index is 12.6. The van der Waals surface area contributed by atoms with E-state index in [1.165, 1.54) is 34.4 Å². The molecule has 4 rings (SSSR count). The highest BCUT2D eigenvalue weighted by Crippen LogP contribution is 2.29. The molecule has 2 aromatic rings. The number of carbonyl (C=O) groups is 1. The van der Waals surface area contributed by atoms with Gasteiger partial charge >= 0.3 is 0 Å². The lowest BCUT2D eigenvalue weighted by atomic mass is 9.99. The molecule has 4 nitrogen and oxygen atoms in total. The second-order valence-corrected chi connectivity index (χ2v) is 8.24. The fourth-order valence-corrected chi connectivity index (χ4v) is 4.92. The van der Waals surface area contributed by atoms with Crippen LogP contribution in [0.3, 0.4) is 0 Å². The maximum Gasteiger partial charge on any atom is 0.261 e. The molecule has 0 saturated carbocycles. The average molecular weight is 371 g/mol. The van der Waals surface area contributed by atoms with Gasteiger partial charge < -0.3 is 10.1 Å². The molecule has 0 spiro atoms. The minimum Gasteiger partial charge on any atom is -0.379 e. The molecule has 5 heteroatoms. The van der Waals surface area contributed by atoms with Crippen molar-refractivity contribution >= 4 is 17.2 Å². The number of rotatable bonds is 5. The van der Waals surface area contributed by atoms with E-state index in [9.17, 15) is 4.79 Å². The number of ether oxygens (including phenoxy) is 1. The number of hydrogen-bond donors (Lipinski definition) is 1. The number of aryl methyl sites for hydroxylation is 2. The number of nitrogens with one attached hydrogen (secondary N) is 1. The van der Waals surface area contributed by atoms with Crippen molar-refractivity contribution < 1.29 is 9.53 Å². The topological polar surface area (TPSA) is 41.6 Å². The van der Waals surface area contributed by atoms with E-state index in [4.69, 9.17) is 4.74 Å². The van der Waals surface area contributed by atoms with Crippen LogP contribution in [0, 0.1) is 0 Å². The minimum atomic E-state index is 0.0607. The molecule has 1 saturated heterocycles. The fraction of sp³-hybridized carbons (Fsp3) is 0.476. The van der Waals surface area contributed by atoms with Crippen LogP contribution in [0.5, 0.6) is 0 Å². The summed E-state index contributed by atoms with van der Waals surface area (Å²) in [7, 11) is 0. The second kappa shape index (κ2) is 8.33. The van der Waals surface area contributed by atoms with Crippen LogP contribution in [0.2, 0.25) is 0 Å². The summed E-state index contributed by atoms with van der Waals surface area (Å²) in [5.74, 6) is 0.0607. The van der Waals surface area contributed by atoms with Gasteiger partial charge in [0, 0.05) is 31.1 Å². The third-order valence-electron chi connectivity index (χ3n) is 5.28. The molecule has 1 aliphatic carbocycles. The lowest BCUT2D eigenvalue weighted by Crippen LogP contribution is -2.36. The van der Waals surface area contributed by atoms with Gasteiger partial charge in [-0.2, -0.15) is 0 Å². The molecule has 0 atom stereocenters. The van der Waals surface area contributed by atoms with E-state index < -0.39 is 0 Å². The van der Waals surface area contributed by atoms with Crippen molar-refractivity contribution in [1.29, 1.82) is 0 Å². The van der Waals surface area contributed by atoms with Gasteiger partial charge in [-0.25, -0.2) is 0 Å². The molecule has 0 bridgehead atoms. The summed E-state index contributed by atoms with van der Waals surface area (Å²) in [5.41, 5.74) is 3.88. The Morgan fingerprint density at radius 3 is 2.69 bits per heavy atom. The summed E-state index contributed by atoms with van der Waals surface area (Å²) >= 11 is 1.68. The zero-order valence-corrected chi connectivity index (χ0v) is 15.9. The number of thiophene rings is 1. The van der Waals surface area contributed by atoms with E-state index >= 15 is 0 Å². The van der Waals surface area contributed by atoms with Gasteiger partial charge in [-0.3, -0.25) is 9.69 Å². The summed E-state index contributed by atoms with van der Waals surface area (Å²) in [4.78, 5) is 17.3. The van der Waals surface area contributed by atoms with Crippen LogP contribution in [0.1, 0.15) is 44.1 Å². The summed E-state index contributed by atoms with van der Waals surface area (Å²) in [6, 6.07) is 10.5. The molecular formula is C21H26N2O2S. The van der Waals surface area contributed by atoms with E-state index in [-0.39, 0.29) is 5.91 Å². The first-order chi connectivity index (χ1) is 12.8. The minimum absolute atomic E-state index is 0.0607. The molecule has 1 amide bonds. The van der Waals surface area contributed by atoms with Gasteiger partial charge in [0.2, 0.25) is 0 Å². The molecule has 0 radical (unpaired) electrons. The largest absolute Gasteiger partial charge is 0.379 e. The predicted octanol–water partition coefficient (Wildman–Crippen LogP) is 3.39. The molecule has 1 aliphatic heterocycles. The smallest absolute Gasteiger partial charge is 0.261 e. The number of amides is 1. The van der Waals surface area contributed by atoms with E-state index in [2.05, 4.69) is 34.5 Å². The molecule has 2 heterocycles. The zero-order valence-electron chi connectivity index (χ0n) is 15.1. The van der Waals surface area contributed by atoms with Crippen LogP contribution < -0.4 is 5.32 Å². The Morgan fingerprint density at radius 1 is 1.12 bits per heavy atom. The Labute approximate surface area is 159 Å². The van der Waals surface area contributed by atoms with Gasteiger partial charge in [0.1, 0.15) is 0 Å². The Morgan fingerprint density at radius 2 is 1.88 bits per heavy atom. The van der Waals surface area contributed by atoms with Crippen LogP contribution >= 0.6 is 11.3 Å². The first-order valence-electron chi connectivity index (χ1n) is 9.56. The normalized spacial score (nSPS) is 17.7. The standard InChI is InChI=1S/C21H26N2O2S/c24-21(20-13-16-5-3-4-8-19(16)26-20)22-14-17-6-1-2-7-18(17)15-23-9-11-25-12-10-23/h1-2,6-7,13H,3-5,8-12,14-15H2,(H,22,24). The van der Waals surface area contributed by atoms with Crippen LogP contribution in [0.25, 0.3) is 0 Å². The second-order valence-electron chi connectivity index (χ2n) is 7.11. The first-order valence-corrected chi connectivity index (χ1v) is 10.4.